The standard InChI is InChI=1S/C22H34N2O7S/c1-15(25)30-20(16-10-12-24(13-11-16)21(26)31-22(2,3)4)18-14-17(29-7)8-9-19(18)32(27,28)23(5)6/h8-9,14,16,20H,10-13H2,1-7H3. The number of carbonyl (C=O) groups is 2. The molecule has 0 N–H and O–H groups in total. The second kappa shape index (κ2) is 10.1. The molecular weight excluding hydrogens is 436 g/mol. The Morgan fingerprint density at radius 2 is 1.75 bits per heavy atom. The molecule has 180 valence electrons. The smallest absolute Gasteiger partial charge is 0.410 e. The summed E-state index contributed by atoms with van der Waals surface area (Å²) >= 11 is 0. The van der Waals surface area contributed by atoms with Crippen molar-refractivity contribution in [2.45, 2.75) is 57.1 Å². The van der Waals surface area contributed by atoms with E-state index < -0.39 is 33.8 Å². The number of nitrogens with zero attached hydrogens (tertiary/aromatic N) is 2. The first-order valence-corrected chi connectivity index (χ1v) is 12.0. The molecule has 2 rings (SSSR count). The summed E-state index contributed by atoms with van der Waals surface area (Å²) in [7, 11) is 0.587. The maximum atomic E-state index is 13.0. The summed E-state index contributed by atoms with van der Waals surface area (Å²) in [6.45, 7) is 7.55. The van der Waals surface area contributed by atoms with Gasteiger partial charge in [-0.1, -0.05) is 0 Å². The molecule has 1 aromatic rings. The number of likely N-dealkylation sites (tertiary alicyclic amines) is 1. The largest absolute Gasteiger partial charge is 0.497 e. The number of ether oxygens (including phenoxy) is 3. The van der Waals surface area contributed by atoms with Crippen molar-refractivity contribution in [1.82, 2.24) is 9.21 Å². The van der Waals surface area contributed by atoms with Crippen molar-refractivity contribution in [2.24, 2.45) is 5.92 Å². The van der Waals surface area contributed by atoms with Gasteiger partial charge in [-0.2, -0.15) is 0 Å². The maximum absolute atomic E-state index is 13.0. The number of hydrogen-bond acceptors (Lipinski definition) is 7. The fourth-order valence-corrected chi connectivity index (χ4v) is 4.72. The normalized spacial score (nSPS) is 16.6. The monoisotopic (exact) mass is 470 g/mol. The molecule has 0 spiro atoms. The van der Waals surface area contributed by atoms with Crippen LogP contribution in [-0.2, 0) is 24.3 Å². The number of carbonyl (C=O) groups excluding carboxylic acids is 2. The van der Waals surface area contributed by atoms with Crippen LogP contribution >= 0.6 is 0 Å². The van der Waals surface area contributed by atoms with E-state index >= 15 is 0 Å². The Labute approximate surface area is 190 Å². The van der Waals surface area contributed by atoms with Crippen LogP contribution in [-0.4, -0.2) is 69.6 Å². The molecule has 0 radical (unpaired) electrons. The minimum Gasteiger partial charge on any atom is -0.497 e. The molecule has 1 aliphatic heterocycles. The van der Waals surface area contributed by atoms with Gasteiger partial charge < -0.3 is 19.1 Å². The van der Waals surface area contributed by atoms with Gasteiger partial charge in [0.15, 0.2) is 0 Å². The Kier molecular flexibility index (Phi) is 8.17. The molecule has 1 amide bonds. The first kappa shape index (κ1) is 25.9. The minimum atomic E-state index is -3.79. The number of piperidine rings is 1. The second-order valence-electron chi connectivity index (χ2n) is 9.03. The lowest BCUT2D eigenvalue weighted by Crippen LogP contribution is -2.43. The molecule has 32 heavy (non-hydrogen) atoms. The number of hydrogen-bond donors (Lipinski definition) is 0. The van der Waals surface area contributed by atoms with Crippen LogP contribution in [0.4, 0.5) is 4.79 Å². The van der Waals surface area contributed by atoms with Gasteiger partial charge in [0.2, 0.25) is 10.0 Å². The highest BCUT2D eigenvalue weighted by Gasteiger charge is 2.36. The molecule has 1 fully saturated rings. The molecule has 10 heteroatoms. The third kappa shape index (κ3) is 6.35. The Balaban J connectivity index is 2.38. The molecule has 1 aromatic carbocycles. The van der Waals surface area contributed by atoms with Crippen molar-refractivity contribution in [1.29, 1.82) is 0 Å². The number of amides is 1. The Bertz CT molecular complexity index is 930. The highest BCUT2D eigenvalue weighted by molar-refractivity contribution is 7.89. The van der Waals surface area contributed by atoms with E-state index in [1.54, 1.807) is 17.0 Å². The van der Waals surface area contributed by atoms with Gasteiger partial charge in [-0.25, -0.2) is 17.5 Å². The van der Waals surface area contributed by atoms with E-state index in [-0.39, 0.29) is 10.8 Å². The molecule has 0 aliphatic carbocycles. The summed E-state index contributed by atoms with van der Waals surface area (Å²) in [6, 6.07) is 4.63. The van der Waals surface area contributed by atoms with E-state index in [0.717, 1.165) is 4.31 Å². The van der Waals surface area contributed by atoms with Gasteiger partial charge >= 0.3 is 12.1 Å². The Morgan fingerprint density at radius 1 is 1.16 bits per heavy atom. The number of esters is 1. The molecular formula is C22H34N2O7S. The van der Waals surface area contributed by atoms with Gasteiger partial charge in [-0.3, -0.25) is 4.79 Å². The zero-order valence-corrected chi connectivity index (χ0v) is 20.7. The molecule has 1 aliphatic rings. The number of methoxy groups -OCH3 is 1. The van der Waals surface area contributed by atoms with Gasteiger partial charge in [0.05, 0.1) is 12.0 Å². The summed E-state index contributed by atoms with van der Waals surface area (Å²) in [6.07, 6.45) is -0.142. The molecule has 1 unspecified atom stereocenters. The molecule has 0 saturated carbocycles. The number of sulfonamides is 1. The van der Waals surface area contributed by atoms with Crippen LogP contribution in [0.5, 0.6) is 5.75 Å². The summed E-state index contributed by atoms with van der Waals surface area (Å²) < 4.78 is 43.5. The molecule has 0 bridgehead atoms. The maximum Gasteiger partial charge on any atom is 0.410 e. The first-order valence-electron chi connectivity index (χ1n) is 10.5. The molecule has 1 heterocycles. The highest BCUT2D eigenvalue weighted by atomic mass is 32.2. The van der Waals surface area contributed by atoms with Crippen molar-refractivity contribution < 1.29 is 32.2 Å². The average molecular weight is 471 g/mol. The van der Waals surface area contributed by atoms with E-state index in [1.165, 1.54) is 34.2 Å². The zero-order valence-electron chi connectivity index (χ0n) is 19.9. The summed E-state index contributed by atoms with van der Waals surface area (Å²) in [5, 5.41) is 0. The van der Waals surface area contributed by atoms with Crippen molar-refractivity contribution >= 4 is 22.1 Å². The van der Waals surface area contributed by atoms with E-state index in [9.17, 15) is 18.0 Å². The topological polar surface area (TPSA) is 102 Å². The van der Waals surface area contributed by atoms with Crippen LogP contribution < -0.4 is 4.74 Å². The lowest BCUT2D eigenvalue weighted by Gasteiger charge is -2.37. The van der Waals surface area contributed by atoms with E-state index in [0.29, 0.717) is 37.2 Å². The third-order valence-electron chi connectivity index (χ3n) is 5.19. The number of rotatable bonds is 6. The van der Waals surface area contributed by atoms with Gasteiger partial charge in [-0.15, -0.1) is 0 Å². The van der Waals surface area contributed by atoms with Crippen molar-refractivity contribution in [2.75, 3.05) is 34.3 Å². The molecule has 1 saturated heterocycles. The van der Waals surface area contributed by atoms with Crippen LogP contribution in [0, 0.1) is 5.92 Å². The van der Waals surface area contributed by atoms with Crippen LogP contribution in [0.2, 0.25) is 0 Å². The fourth-order valence-electron chi connectivity index (χ4n) is 3.61. The minimum absolute atomic E-state index is 0.0594. The van der Waals surface area contributed by atoms with Crippen LogP contribution in [0.3, 0.4) is 0 Å². The average Bonchev–Trinajstić information content (AvgIpc) is 2.70. The van der Waals surface area contributed by atoms with E-state index in [2.05, 4.69) is 0 Å². The lowest BCUT2D eigenvalue weighted by atomic mass is 9.87. The Hall–Kier alpha value is -2.33. The predicted molar refractivity (Wildman–Crippen MR) is 119 cm³/mol. The quantitative estimate of drug-likeness (QED) is 0.588. The summed E-state index contributed by atoms with van der Waals surface area (Å²) in [4.78, 5) is 26.0. The predicted octanol–water partition coefficient (Wildman–Crippen LogP) is 3.20. The fraction of sp³-hybridized carbons (Fsp3) is 0.636. The highest BCUT2D eigenvalue weighted by Crippen LogP contribution is 2.39. The van der Waals surface area contributed by atoms with Gasteiger partial charge in [0.25, 0.3) is 0 Å². The summed E-state index contributed by atoms with van der Waals surface area (Å²) in [5.74, 6) is -0.234. The van der Waals surface area contributed by atoms with Crippen molar-refractivity contribution in [3.8, 4) is 5.75 Å². The summed E-state index contributed by atoms with van der Waals surface area (Å²) in [5.41, 5.74) is -0.228. The first-order chi connectivity index (χ1) is 14.8. The Morgan fingerprint density at radius 3 is 2.22 bits per heavy atom. The van der Waals surface area contributed by atoms with E-state index in [1.807, 2.05) is 20.8 Å². The molecule has 1 atom stereocenters. The molecule has 9 nitrogen and oxygen atoms in total. The lowest BCUT2D eigenvalue weighted by molar-refractivity contribution is -0.151. The van der Waals surface area contributed by atoms with Crippen LogP contribution in [0.15, 0.2) is 23.1 Å². The molecule has 0 aromatic heterocycles. The zero-order chi connectivity index (χ0) is 24.3. The second-order valence-corrected chi connectivity index (χ2v) is 11.1. The van der Waals surface area contributed by atoms with Crippen LogP contribution in [0.1, 0.15) is 52.2 Å². The third-order valence-corrected chi connectivity index (χ3v) is 7.08. The van der Waals surface area contributed by atoms with Gasteiger partial charge in [-0.05, 0) is 51.8 Å². The van der Waals surface area contributed by atoms with E-state index in [4.69, 9.17) is 14.2 Å². The van der Waals surface area contributed by atoms with Gasteiger partial charge in [0, 0.05) is 45.6 Å². The number of benzene rings is 1. The van der Waals surface area contributed by atoms with Crippen molar-refractivity contribution in [3.05, 3.63) is 23.8 Å². The SMILES string of the molecule is COc1ccc(S(=O)(=O)N(C)C)c(C(OC(C)=O)C2CCN(C(=O)OC(C)(C)C)CC2)c1. The van der Waals surface area contributed by atoms with Crippen molar-refractivity contribution in [3.63, 3.8) is 0 Å². The van der Waals surface area contributed by atoms with Crippen LogP contribution in [0.25, 0.3) is 0 Å². The van der Waals surface area contributed by atoms with Gasteiger partial charge in [0.1, 0.15) is 17.5 Å².